The van der Waals surface area contributed by atoms with Gasteiger partial charge in [0.2, 0.25) is 0 Å². The third-order valence-electron chi connectivity index (χ3n) is 3.91. The zero-order valence-corrected chi connectivity index (χ0v) is 13.5. The van der Waals surface area contributed by atoms with Crippen LogP contribution in [0.25, 0.3) is 0 Å². The van der Waals surface area contributed by atoms with E-state index in [0.717, 1.165) is 12.8 Å². The number of ether oxygens (including phenoxy) is 2. The van der Waals surface area contributed by atoms with Crippen molar-refractivity contribution in [3.05, 3.63) is 35.4 Å². The first-order chi connectivity index (χ1) is 9.41. The molecule has 0 saturated carbocycles. The van der Waals surface area contributed by atoms with Crippen LogP contribution in [-0.2, 0) is 9.47 Å². The molecule has 0 aliphatic carbocycles. The highest BCUT2D eigenvalue weighted by Crippen LogP contribution is 2.26. The van der Waals surface area contributed by atoms with Gasteiger partial charge < -0.3 is 15.2 Å². The number of benzene rings is 1. The summed E-state index contributed by atoms with van der Waals surface area (Å²) >= 11 is 0. The average molecular weight is 279 g/mol. The van der Waals surface area contributed by atoms with Gasteiger partial charge in [0.15, 0.2) is 0 Å². The highest BCUT2D eigenvalue weighted by Gasteiger charge is 2.23. The van der Waals surface area contributed by atoms with Gasteiger partial charge in [-0.3, -0.25) is 0 Å². The van der Waals surface area contributed by atoms with Crippen LogP contribution in [0.3, 0.4) is 0 Å². The summed E-state index contributed by atoms with van der Waals surface area (Å²) in [5.74, 6) is 0. The van der Waals surface area contributed by atoms with Gasteiger partial charge in [-0.05, 0) is 44.7 Å². The second-order valence-corrected chi connectivity index (χ2v) is 5.93. The van der Waals surface area contributed by atoms with Crippen LogP contribution in [0, 0.1) is 6.92 Å². The number of rotatable bonds is 8. The Morgan fingerprint density at radius 1 is 1.25 bits per heavy atom. The Morgan fingerprint density at radius 2 is 1.90 bits per heavy atom. The molecule has 1 rings (SSSR count). The summed E-state index contributed by atoms with van der Waals surface area (Å²) in [5.41, 5.74) is 8.50. The van der Waals surface area contributed by atoms with E-state index in [1.165, 1.54) is 11.1 Å². The summed E-state index contributed by atoms with van der Waals surface area (Å²) in [6.45, 7) is 8.98. The fourth-order valence-electron chi connectivity index (χ4n) is 2.10. The molecule has 0 heterocycles. The van der Waals surface area contributed by atoms with Gasteiger partial charge in [0, 0.05) is 13.2 Å². The first-order valence-corrected chi connectivity index (χ1v) is 7.39. The second-order valence-electron chi connectivity index (χ2n) is 5.93. The number of hydrogen-bond acceptors (Lipinski definition) is 3. The molecule has 3 heteroatoms. The lowest BCUT2D eigenvalue weighted by molar-refractivity contribution is -0.0333. The minimum Gasteiger partial charge on any atom is -0.379 e. The maximum absolute atomic E-state index is 6.24. The highest BCUT2D eigenvalue weighted by atomic mass is 16.5. The van der Waals surface area contributed by atoms with Crippen molar-refractivity contribution in [3.8, 4) is 0 Å². The first kappa shape index (κ1) is 17.2. The molecule has 1 aromatic rings. The zero-order chi connectivity index (χ0) is 15.2. The Morgan fingerprint density at radius 3 is 2.45 bits per heavy atom. The van der Waals surface area contributed by atoms with Crippen molar-refractivity contribution in [1.29, 1.82) is 0 Å². The van der Waals surface area contributed by atoms with E-state index in [1.54, 1.807) is 7.11 Å². The summed E-state index contributed by atoms with van der Waals surface area (Å²) in [6, 6.07) is 8.31. The molecule has 3 nitrogen and oxygen atoms in total. The van der Waals surface area contributed by atoms with Crippen molar-refractivity contribution in [2.75, 3.05) is 13.7 Å². The third-order valence-corrected chi connectivity index (χ3v) is 3.91. The normalized spacial score (nSPS) is 15.1. The predicted molar refractivity (Wildman–Crippen MR) is 83.8 cm³/mol. The van der Waals surface area contributed by atoms with Crippen LogP contribution >= 0.6 is 0 Å². The lowest BCUT2D eigenvalue weighted by Crippen LogP contribution is -2.32. The van der Waals surface area contributed by atoms with E-state index in [4.69, 9.17) is 15.2 Å². The van der Waals surface area contributed by atoms with Gasteiger partial charge in [-0.15, -0.1) is 0 Å². The van der Waals surface area contributed by atoms with E-state index in [2.05, 4.69) is 39.8 Å². The van der Waals surface area contributed by atoms with Crippen LogP contribution in [0.15, 0.2) is 24.3 Å². The van der Waals surface area contributed by atoms with E-state index >= 15 is 0 Å². The van der Waals surface area contributed by atoms with E-state index in [9.17, 15) is 0 Å². The third kappa shape index (κ3) is 4.89. The van der Waals surface area contributed by atoms with Crippen LogP contribution in [0.2, 0.25) is 0 Å². The van der Waals surface area contributed by atoms with Gasteiger partial charge in [-0.1, -0.05) is 31.2 Å². The first-order valence-electron chi connectivity index (χ1n) is 7.39. The van der Waals surface area contributed by atoms with Gasteiger partial charge in [0.1, 0.15) is 0 Å². The smallest absolute Gasteiger partial charge is 0.0978 e. The molecule has 0 bridgehead atoms. The number of hydrogen-bond donors (Lipinski definition) is 1. The SMILES string of the molecule is CCC(N)C(OCCC(C)(C)OC)c1ccccc1C. The molecular formula is C17H29NO2. The Hall–Kier alpha value is -0.900. The maximum Gasteiger partial charge on any atom is 0.0978 e. The van der Waals surface area contributed by atoms with Crippen LogP contribution in [0.1, 0.15) is 50.8 Å². The van der Waals surface area contributed by atoms with Gasteiger partial charge >= 0.3 is 0 Å². The van der Waals surface area contributed by atoms with E-state index in [-0.39, 0.29) is 17.7 Å². The fraction of sp³-hybridized carbons (Fsp3) is 0.647. The van der Waals surface area contributed by atoms with Crippen molar-refractivity contribution in [2.45, 2.75) is 58.3 Å². The van der Waals surface area contributed by atoms with Crippen LogP contribution in [-0.4, -0.2) is 25.4 Å². The van der Waals surface area contributed by atoms with Crippen molar-refractivity contribution in [2.24, 2.45) is 5.73 Å². The van der Waals surface area contributed by atoms with E-state index in [1.807, 2.05) is 12.1 Å². The molecule has 0 aliphatic heterocycles. The van der Waals surface area contributed by atoms with E-state index < -0.39 is 0 Å². The summed E-state index contributed by atoms with van der Waals surface area (Å²) < 4.78 is 11.5. The number of methoxy groups -OCH3 is 1. The van der Waals surface area contributed by atoms with Gasteiger partial charge in [0.05, 0.1) is 18.3 Å². The number of nitrogens with two attached hydrogens (primary N) is 1. The average Bonchev–Trinajstić information content (AvgIpc) is 2.44. The monoisotopic (exact) mass is 279 g/mol. The van der Waals surface area contributed by atoms with Crippen LogP contribution in [0.4, 0.5) is 0 Å². The summed E-state index contributed by atoms with van der Waals surface area (Å²) in [5, 5.41) is 0. The molecule has 2 atom stereocenters. The van der Waals surface area contributed by atoms with Crippen molar-refractivity contribution in [1.82, 2.24) is 0 Å². The molecule has 2 unspecified atom stereocenters. The molecule has 0 saturated heterocycles. The molecule has 0 fully saturated rings. The molecule has 114 valence electrons. The number of aryl methyl sites for hydroxylation is 1. The standard InChI is InChI=1S/C17H29NO2/c1-6-15(18)16(14-10-8-7-9-13(14)2)20-12-11-17(3,4)19-5/h7-10,15-16H,6,11-12,18H2,1-5H3. The Labute approximate surface area is 123 Å². The Kier molecular flexibility index (Phi) is 6.66. The highest BCUT2D eigenvalue weighted by molar-refractivity contribution is 5.28. The molecule has 2 N–H and O–H groups in total. The molecule has 0 aliphatic rings. The predicted octanol–water partition coefficient (Wildman–Crippen LogP) is 3.61. The summed E-state index contributed by atoms with van der Waals surface area (Å²) in [4.78, 5) is 0. The Balaban J connectivity index is 2.74. The molecule has 0 radical (unpaired) electrons. The van der Waals surface area contributed by atoms with E-state index in [0.29, 0.717) is 6.61 Å². The molecule has 0 spiro atoms. The van der Waals surface area contributed by atoms with Gasteiger partial charge in [-0.2, -0.15) is 0 Å². The summed E-state index contributed by atoms with van der Waals surface area (Å²) in [7, 11) is 1.73. The minimum atomic E-state index is -0.160. The minimum absolute atomic E-state index is 0.0155. The largest absolute Gasteiger partial charge is 0.379 e. The lowest BCUT2D eigenvalue weighted by atomic mass is 9.96. The molecular weight excluding hydrogens is 250 g/mol. The lowest BCUT2D eigenvalue weighted by Gasteiger charge is -2.28. The van der Waals surface area contributed by atoms with Crippen molar-refractivity contribution in [3.63, 3.8) is 0 Å². The maximum atomic E-state index is 6.24. The van der Waals surface area contributed by atoms with Crippen molar-refractivity contribution < 1.29 is 9.47 Å². The second kappa shape index (κ2) is 7.77. The van der Waals surface area contributed by atoms with Crippen molar-refractivity contribution >= 4 is 0 Å². The molecule has 1 aromatic carbocycles. The summed E-state index contributed by atoms with van der Waals surface area (Å²) in [6.07, 6.45) is 1.70. The molecule has 0 aromatic heterocycles. The molecule has 0 amide bonds. The zero-order valence-electron chi connectivity index (χ0n) is 13.5. The van der Waals surface area contributed by atoms with Gasteiger partial charge in [-0.25, -0.2) is 0 Å². The quantitative estimate of drug-likeness (QED) is 0.790. The fourth-order valence-corrected chi connectivity index (χ4v) is 2.10. The Bertz CT molecular complexity index is 404. The topological polar surface area (TPSA) is 44.5 Å². The van der Waals surface area contributed by atoms with Crippen LogP contribution in [0.5, 0.6) is 0 Å². The van der Waals surface area contributed by atoms with Gasteiger partial charge in [0.25, 0.3) is 0 Å². The molecule has 20 heavy (non-hydrogen) atoms. The van der Waals surface area contributed by atoms with Crippen LogP contribution < -0.4 is 5.73 Å².